The van der Waals surface area contributed by atoms with Crippen LogP contribution in [0.1, 0.15) is 24.2 Å². The lowest BCUT2D eigenvalue weighted by molar-refractivity contribution is -0.128. The zero-order valence-electron chi connectivity index (χ0n) is 15.5. The van der Waals surface area contributed by atoms with Gasteiger partial charge in [-0.3, -0.25) is 9.59 Å². The Balaban J connectivity index is 2.68. The van der Waals surface area contributed by atoms with Gasteiger partial charge in [0.25, 0.3) is 5.91 Å². The molecular formula is C17H24N2O7. The molecule has 0 spiro atoms. The molecule has 2 amide bonds. The number of benzene rings is 1. The van der Waals surface area contributed by atoms with Gasteiger partial charge < -0.3 is 29.6 Å². The van der Waals surface area contributed by atoms with Crippen LogP contribution in [-0.4, -0.2) is 58.3 Å². The molecule has 9 heteroatoms. The van der Waals surface area contributed by atoms with Crippen LogP contribution in [0.3, 0.4) is 0 Å². The lowest BCUT2D eigenvalue weighted by Crippen LogP contribution is -2.41. The van der Waals surface area contributed by atoms with Crippen LogP contribution in [0.25, 0.3) is 0 Å². The Morgan fingerprint density at radius 3 is 2.15 bits per heavy atom. The average molecular weight is 368 g/mol. The minimum Gasteiger partial charge on any atom is -0.493 e. The first-order chi connectivity index (χ1) is 12.3. The molecule has 0 bridgehead atoms. The van der Waals surface area contributed by atoms with Crippen molar-refractivity contribution in [3.8, 4) is 17.2 Å². The maximum absolute atomic E-state index is 12.2. The topological polar surface area (TPSA) is 112 Å². The van der Waals surface area contributed by atoms with Gasteiger partial charge in [0.2, 0.25) is 11.7 Å². The van der Waals surface area contributed by atoms with Crippen LogP contribution >= 0.6 is 0 Å². The molecule has 9 nitrogen and oxygen atoms in total. The first-order valence-corrected chi connectivity index (χ1v) is 7.86. The molecule has 0 heterocycles. The van der Waals surface area contributed by atoms with Gasteiger partial charge in [0, 0.05) is 6.04 Å². The highest BCUT2D eigenvalue weighted by molar-refractivity contribution is 5.95. The van der Waals surface area contributed by atoms with E-state index in [2.05, 4.69) is 10.6 Å². The SMILES string of the molecule is COc1ccc(C(=O)OCC(=O)NCC(=O)NC(C)C)c(OC)c1OC. The Morgan fingerprint density at radius 2 is 1.62 bits per heavy atom. The molecule has 26 heavy (non-hydrogen) atoms. The lowest BCUT2D eigenvalue weighted by Gasteiger charge is -2.15. The summed E-state index contributed by atoms with van der Waals surface area (Å²) in [4.78, 5) is 35.4. The van der Waals surface area contributed by atoms with E-state index in [0.29, 0.717) is 5.75 Å². The number of rotatable bonds is 9. The van der Waals surface area contributed by atoms with Crippen molar-refractivity contribution in [3.63, 3.8) is 0 Å². The second-order valence-electron chi connectivity index (χ2n) is 5.46. The number of ether oxygens (including phenoxy) is 4. The predicted molar refractivity (Wildman–Crippen MR) is 92.7 cm³/mol. The third-order valence-electron chi connectivity index (χ3n) is 3.15. The fourth-order valence-corrected chi connectivity index (χ4v) is 2.07. The summed E-state index contributed by atoms with van der Waals surface area (Å²) >= 11 is 0. The van der Waals surface area contributed by atoms with Gasteiger partial charge in [0.05, 0.1) is 27.9 Å². The van der Waals surface area contributed by atoms with E-state index in [0.717, 1.165) is 0 Å². The smallest absolute Gasteiger partial charge is 0.342 e. The number of hydrogen-bond acceptors (Lipinski definition) is 7. The summed E-state index contributed by atoms with van der Waals surface area (Å²) in [5.41, 5.74) is 0.0792. The molecule has 0 aliphatic rings. The van der Waals surface area contributed by atoms with Crippen molar-refractivity contribution >= 4 is 17.8 Å². The van der Waals surface area contributed by atoms with Crippen LogP contribution < -0.4 is 24.8 Å². The molecule has 0 radical (unpaired) electrons. The van der Waals surface area contributed by atoms with Gasteiger partial charge in [-0.25, -0.2) is 4.79 Å². The van der Waals surface area contributed by atoms with Crippen LogP contribution in [0.15, 0.2) is 12.1 Å². The van der Waals surface area contributed by atoms with Gasteiger partial charge in [0.15, 0.2) is 18.1 Å². The number of esters is 1. The van der Waals surface area contributed by atoms with Crippen molar-refractivity contribution < 1.29 is 33.3 Å². The normalized spacial score (nSPS) is 10.1. The molecule has 0 unspecified atom stereocenters. The second-order valence-corrected chi connectivity index (χ2v) is 5.46. The number of carbonyl (C=O) groups excluding carboxylic acids is 3. The number of carbonyl (C=O) groups is 3. The summed E-state index contributed by atoms with van der Waals surface area (Å²) in [6.45, 7) is 2.87. The summed E-state index contributed by atoms with van der Waals surface area (Å²) in [5.74, 6) is -0.954. The van der Waals surface area contributed by atoms with Crippen molar-refractivity contribution in [3.05, 3.63) is 17.7 Å². The Hall–Kier alpha value is -2.97. The zero-order chi connectivity index (χ0) is 19.7. The van der Waals surface area contributed by atoms with Crippen molar-refractivity contribution in [2.45, 2.75) is 19.9 Å². The number of nitrogens with one attached hydrogen (secondary N) is 2. The molecule has 0 saturated heterocycles. The number of hydrogen-bond donors (Lipinski definition) is 2. The molecule has 0 saturated carbocycles. The van der Waals surface area contributed by atoms with Crippen molar-refractivity contribution in [2.24, 2.45) is 0 Å². The van der Waals surface area contributed by atoms with E-state index in [9.17, 15) is 14.4 Å². The summed E-state index contributed by atoms with van der Waals surface area (Å²) in [7, 11) is 4.23. The molecule has 0 fully saturated rings. The molecule has 144 valence electrons. The van der Waals surface area contributed by atoms with Crippen LogP contribution in [-0.2, 0) is 14.3 Å². The van der Waals surface area contributed by atoms with Crippen molar-refractivity contribution in [1.29, 1.82) is 0 Å². The summed E-state index contributed by atoms with van der Waals surface area (Å²) in [6, 6.07) is 2.93. The van der Waals surface area contributed by atoms with Gasteiger partial charge in [-0.15, -0.1) is 0 Å². The van der Waals surface area contributed by atoms with Crippen molar-refractivity contribution in [1.82, 2.24) is 10.6 Å². The fraction of sp³-hybridized carbons (Fsp3) is 0.471. The second kappa shape index (κ2) is 10.1. The van der Waals surface area contributed by atoms with Gasteiger partial charge in [-0.05, 0) is 26.0 Å². The average Bonchev–Trinajstić information content (AvgIpc) is 2.62. The molecule has 0 atom stereocenters. The monoisotopic (exact) mass is 368 g/mol. The first kappa shape index (κ1) is 21.1. The zero-order valence-corrected chi connectivity index (χ0v) is 15.5. The molecule has 2 N–H and O–H groups in total. The summed E-state index contributed by atoms with van der Waals surface area (Å²) in [6.07, 6.45) is 0. The minimum absolute atomic E-state index is 0.0326. The Labute approximate surface area is 151 Å². The van der Waals surface area contributed by atoms with E-state index < -0.39 is 18.5 Å². The highest BCUT2D eigenvalue weighted by Gasteiger charge is 2.22. The molecule has 0 aromatic heterocycles. The van der Waals surface area contributed by atoms with Gasteiger partial charge in [-0.2, -0.15) is 0 Å². The van der Waals surface area contributed by atoms with Crippen molar-refractivity contribution in [2.75, 3.05) is 34.5 Å². The van der Waals surface area contributed by atoms with Crippen LogP contribution in [0, 0.1) is 0 Å². The predicted octanol–water partition coefficient (Wildman–Crippen LogP) is 0.510. The maximum Gasteiger partial charge on any atom is 0.342 e. The van der Waals surface area contributed by atoms with Gasteiger partial charge in [-0.1, -0.05) is 0 Å². The Bertz CT molecular complexity index is 659. The lowest BCUT2D eigenvalue weighted by atomic mass is 10.1. The molecule has 1 aromatic rings. The largest absolute Gasteiger partial charge is 0.493 e. The third-order valence-corrected chi connectivity index (χ3v) is 3.15. The number of amides is 2. The summed E-state index contributed by atoms with van der Waals surface area (Å²) < 4.78 is 20.5. The Morgan fingerprint density at radius 1 is 0.962 bits per heavy atom. The first-order valence-electron chi connectivity index (χ1n) is 7.86. The minimum atomic E-state index is -0.774. The molecule has 1 rings (SSSR count). The van der Waals surface area contributed by atoms with Crippen LogP contribution in [0.5, 0.6) is 17.2 Å². The number of methoxy groups -OCH3 is 3. The third kappa shape index (κ3) is 5.83. The van der Waals surface area contributed by atoms with Crippen LogP contribution in [0.4, 0.5) is 0 Å². The highest BCUT2D eigenvalue weighted by Crippen LogP contribution is 2.39. The van der Waals surface area contributed by atoms with E-state index in [1.165, 1.54) is 33.5 Å². The van der Waals surface area contributed by atoms with E-state index in [4.69, 9.17) is 18.9 Å². The quantitative estimate of drug-likeness (QED) is 0.611. The molecular weight excluding hydrogens is 344 g/mol. The van der Waals surface area contributed by atoms with Gasteiger partial charge >= 0.3 is 5.97 Å². The molecule has 1 aromatic carbocycles. The van der Waals surface area contributed by atoms with E-state index in [1.807, 2.05) is 0 Å². The van der Waals surface area contributed by atoms with E-state index in [1.54, 1.807) is 13.8 Å². The molecule has 0 aliphatic heterocycles. The van der Waals surface area contributed by atoms with Crippen LogP contribution in [0.2, 0.25) is 0 Å². The van der Waals surface area contributed by atoms with E-state index >= 15 is 0 Å². The standard InChI is InChI=1S/C17H24N2O7/c1-10(2)19-13(20)8-18-14(21)9-26-17(22)11-6-7-12(23-3)16(25-5)15(11)24-4/h6-7,10H,8-9H2,1-5H3,(H,18,21)(H,19,20). The Kier molecular flexibility index (Phi) is 8.20. The summed E-state index contributed by atoms with van der Waals surface area (Å²) in [5, 5.41) is 4.98. The fourth-order valence-electron chi connectivity index (χ4n) is 2.07. The molecule has 0 aliphatic carbocycles. The van der Waals surface area contributed by atoms with E-state index in [-0.39, 0.29) is 35.6 Å². The highest BCUT2D eigenvalue weighted by atomic mass is 16.5. The van der Waals surface area contributed by atoms with Gasteiger partial charge in [0.1, 0.15) is 5.56 Å². The maximum atomic E-state index is 12.2.